The van der Waals surface area contributed by atoms with Crippen LogP contribution in [0.3, 0.4) is 0 Å². The van der Waals surface area contributed by atoms with Gasteiger partial charge in [0.15, 0.2) is 0 Å². The van der Waals surface area contributed by atoms with E-state index in [4.69, 9.17) is 11.1 Å². The van der Waals surface area contributed by atoms with Crippen molar-refractivity contribution >= 4 is 11.9 Å². The zero-order valence-corrected chi connectivity index (χ0v) is 7.72. The summed E-state index contributed by atoms with van der Waals surface area (Å²) < 4.78 is 0. The van der Waals surface area contributed by atoms with Gasteiger partial charge in [-0.3, -0.25) is 5.41 Å². The molecule has 70 valence electrons. The lowest BCUT2D eigenvalue weighted by Gasteiger charge is -2.14. The minimum absolute atomic E-state index is 0.0917. The number of carbonyl (C=O) groups excluding carboxylic acids is 1. The van der Waals surface area contributed by atoms with Crippen LogP contribution in [0, 0.1) is 11.3 Å². The Labute approximate surface area is 72.4 Å². The summed E-state index contributed by atoms with van der Waals surface area (Å²) in [6.07, 6.45) is 0. The van der Waals surface area contributed by atoms with Crippen LogP contribution in [0.4, 0.5) is 4.79 Å². The van der Waals surface area contributed by atoms with E-state index >= 15 is 0 Å². The Morgan fingerprint density at radius 1 is 1.67 bits per heavy atom. The van der Waals surface area contributed by atoms with Gasteiger partial charge in [-0.15, -0.1) is 0 Å². The van der Waals surface area contributed by atoms with Crippen LogP contribution in [-0.4, -0.2) is 37.4 Å². The number of amidine groups is 1. The summed E-state index contributed by atoms with van der Waals surface area (Å²) in [5, 5.41) is 9.69. The van der Waals surface area contributed by atoms with Gasteiger partial charge in [-0.2, -0.15) is 0 Å². The predicted octanol–water partition coefficient (Wildman–Crippen LogP) is -0.170. The van der Waals surface area contributed by atoms with Crippen LogP contribution in [-0.2, 0) is 0 Å². The molecule has 0 fully saturated rings. The normalized spacial score (nSPS) is 11.9. The molecule has 2 amide bonds. The summed E-state index contributed by atoms with van der Waals surface area (Å²) in [4.78, 5) is 12.4. The SMILES string of the molecule is CC(CNC(=O)N(C)C)C(=N)N. The monoisotopic (exact) mass is 172 g/mol. The molecule has 0 saturated heterocycles. The van der Waals surface area contributed by atoms with Gasteiger partial charge in [-0.25, -0.2) is 4.79 Å². The molecule has 0 aliphatic carbocycles. The van der Waals surface area contributed by atoms with Crippen LogP contribution < -0.4 is 11.1 Å². The molecule has 5 nitrogen and oxygen atoms in total. The summed E-state index contributed by atoms with van der Waals surface area (Å²) in [6.45, 7) is 2.20. The van der Waals surface area contributed by atoms with Crippen molar-refractivity contribution in [3.8, 4) is 0 Å². The molecule has 0 aromatic heterocycles. The Bertz CT molecular complexity index is 178. The van der Waals surface area contributed by atoms with E-state index < -0.39 is 0 Å². The highest BCUT2D eigenvalue weighted by Gasteiger charge is 2.07. The Hall–Kier alpha value is -1.26. The summed E-state index contributed by atoms with van der Waals surface area (Å²) in [6, 6.07) is -0.164. The van der Waals surface area contributed by atoms with Crippen molar-refractivity contribution in [2.24, 2.45) is 11.7 Å². The maximum atomic E-state index is 11.0. The fraction of sp³-hybridized carbons (Fsp3) is 0.714. The molecule has 0 spiro atoms. The Morgan fingerprint density at radius 2 is 2.17 bits per heavy atom. The minimum Gasteiger partial charge on any atom is -0.387 e. The smallest absolute Gasteiger partial charge is 0.316 e. The van der Waals surface area contributed by atoms with Crippen LogP contribution in [0.25, 0.3) is 0 Å². The molecule has 0 heterocycles. The van der Waals surface area contributed by atoms with Gasteiger partial charge in [-0.05, 0) is 0 Å². The van der Waals surface area contributed by atoms with Crippen LogP contribution in [0.1, 0.15) is 6.92 Å². The molecule has 0 bridgehead atoms. The van der Waals surface area contributed by atoms with Gasteiger partial charge in [0.1, 0.15) is 0 Å². The Kier molecular flexibility index (Phi) is 4.10. The van der Waals surface area contributed by atoms with Crippen LogP contribution in [0.15, 0.2) is 0 Å². The maximum absolute atomic E-state index is 11.0. The number of hydrogen-bond acceptors (Lipinski definition) is 2. The highest BCUT2D eigenvalue weighted by Crippen LogP contribution is 1.90. The standard InChI is InChI=1S/C7H16N4O/c1-5(6(8)9)4-10-7(12)11(2)3/h5H,4H2,1-3H3,(H3,8,9)(H,10,12). The highest BCUT2D eigenvalue weighted by atomic mass is 16.2. The second-order valence-corrected chi connectivity index (χ2v) is 2.94. The number of rotatable bonds is 3. The number of nitrogens with one attached hydrogen (secondary N) is 2. The fourth-order valence-corrected chi connectivity index (χ4v) is 0.508. The topological polar surface area (TPSA) is 82.2 Å². The van der Waals surface area contributed by atoms with Gasteiger partial charge in [0.25, 0.3) is 0 Å². The summed E-state index contributed by atoms with van der Waals surface area (Å²) in [7, 11) is 3.32. The van der Waals surface area contributed by atoms with Crippen molar-refractivity contribution in [2.75, 3.05) is 20.6 Å². The van der Waals surface area contributed by atoms with E-state index in [1.54, 1.807) is 21.0 Å². The third-order valence-corrected chi connectivity index (χ3v) is 1.50. The average molecular weight is 172 g/mol. The number of amides is 2. The first-order chi connectivity index (χ1) is 5.45. The lowest BCUT2D eigenvalue weighted by molar-refractivity contribution is 0.217. The number of hydrogen-bond donors (Lipinski definition) is 3. The van der Waals surface area contributed by atoms with Crippen molar-refractivity contribution in [2.45, 2.75) is 6.92 Å². The number of carbonyl (C=O) groups is 1. The Balaban J connectivity index is 3.69. The number of urea groups is 1. The quantitative estimate of drug-likeness (QED) is 0.408. The van der Waals surface area contributed by atoms with Crippen molar-refractivity contribution in [1.29, 1.82) is 5.41 Å². The summed E-state index contributed by atoms with van der Waals surface area (Å²) >= 11 is 0. The maximum Gasteiger partial charge on any atom is 0.316 e. The molecule has 0 aromatic carbocycles. The lowest BCUT2D eigenvalue weighted by atomic mass is 10.1. The predicted molar refractivity (Wildman–Crippen MR) is 48.2 cm³/mol. The molecule has 4 N–H and O–H groups in total. The summed E-state index contributed by atoms with van der Waals surface area (Å²) in [5.74, 6) is -0.0112. The third kappa shape index (κ3) is 3.80. The fourth-order valence-electron chi connectivity index (χ4n) is 0.508. The third-order valence-electron chi connectivity index (χ3n) is 1.50. The second-order valence-electron chi connectivity index (χ2n) is 2.94. The van der Waals surface area contributed by atoms with Gasteiger partial charge >= 0.3 is 6.03 Å². The average Bonchev–Trinajstić information content (AvgIpc) is 1.98. The molecule has 0 saturated carbocycles. The molecular formula is C7H16N4O. The van der Waals surface area contributed by atoms with Crippen molar-refractivity contribution in [3.63, 3.8) is 0 Å². The molecule has 0 aliphatic heterocycles. The first kappa shape index (κ1) is 10.7. The number of nitrogens with two attached hydrogens (primary N) is 1. The lowest BCUT2D eigenvalue weighted by Crippen LogP contribution is -2.39. The molecular weight excluding hydrogens is 156 g/mol. The molecule has 0 radical (unpaired) electrons. The van der Waals surface area contributed by atoms with Crippen LogP contribution in [0.2, 0.25) is 0 Å². The largest absolute Gasteiger partial charge is 0.387 e. The minimum atomic E-state index is -0.164. The van der Waals surface area contributed by atoms with E-state index in [0.717, 1.165) is 0 Å². The molecule has 0 rings (SSSR count). The van der Waals surface area contributed by atoms with Crippen LogP contribution >= 0.6 is 0 Å². The zero-order chi connectivity index (χ0) is 9.72. The van der Waals surface area contributed by atoms with Gasteiger partial charge < -0.3 is 16.0 Å². The van der Waals surface area contributed by atoms with E-state index in [1.807, 2.05) is 0 Å². The van der Waals surface area contributed by atoms with Crippen molar-refractivity contribution in [3.05, 3.63) is 0 Å². The number of nitrogens with zero attached hydrogens (tertiary/aromatic N) is 1. The van der Waals surface area contributed by atoms with Gasteiger partial charge in [-0.1, -0.05) is 6.92 Å². The molecule has 12 heavy (non-hydrogen) atoms. The highest BCUT2D eigenvalue weighted by molar-refractivity contribution is 5.80. The van der Waals surface area contributed by atoms with E-state index in [9.17, 15) is 4.79 Å². The second kappa shape index (κ2) is 4.58. The zero-order valence-electron chi connectivity index (χ0n) is 7.72. The molecule has 0 aliphatic rings. The van der Waals surface area contributed by atoms with E-state index in [1.165, 1.54) is 4.90 Å². The van der Waals surface area contributed by atoms with Gasteiger partial charge in [0.05, 0.1) is 5.84 Å². The van der Waals surface area contributed by atoms with Crippen molar-refractivity contribution in [1.82, 2.24) is 10.2 Å². The summed E-state index contributed by atoms with van der Waals surface area (Å²) in [5.41, 5.74) is 5.22. The Morgan fingerprint density at radius 3 is 2.50 bits per heavy atom. The molecule has 1 atom stereocenters. The van der Waals surface area contributed by atoms with Crippen molar-refractivity contribution < 1.29 is 4.79 Å². The van der Waals surface area contributed by atoms with E-state index in [-0.39, 0.29) is 17.8 Å². The first-order valence-corrected chi connectivity index (χ1v) is 3.74. The van der Waals surface area contributed by atoms with E-state index in [0.29, 0.717) is 6.54 Å². The van der Waals surface area contributed by atoms with Crippen LogP contribution in [0.5, 0.6) is 0 Å². The van der Waals surface area contributed by atoms with Gasteiger partial charge in [0.2, 0.25) is 0 Å². The van der Waals surface area contributed by atoms with E-state index in [2.05, 4.69) is 5.32 Å². The first-order valence-electron chi connectivity index (χ1n) is 3.74. The molecule has 1 unspecified atom stereocenters. The molecule has 5 heteroatoms. The molecule has 0 aromatic rings. The van der Waals surface area contributed by atoms with Gasteiger partial charge in [0, 0.05) is 26.6 Å².